The molecule has 1 amide bonds. The molecule has 1 aromatic rings. The molecule has 0 N–H and O–H groups in total. The highest BCUT2D eigenvalue weighted by atomic mass is 16.5. The Hall–Kier alpha value is -2.02. The van der Waals surface area contributed by atoms with E-state index in [9.17, 15) is 4.79 Å². The Morgan fingerprint density at radius 1 is 1.50 bits per heavy atom. The summed E-state index contributed by atoms with van der Waals surface area (Å²) in [5, 5.41) is 8.74. The van der Waals surface area contributed by atoms with Crippen molar-refractivity contribution in [3.8, 4) is 11.8 Å². The van der Waals surface area contributed by atoms with Gasteiger partial charge < -0.3 is 9.64 Å². The predicted molar refractivity (Wildman–Crippen MR) is 69.5 cm³/mol. The second-order valence-corrected chi connectivity index (χ2v) is 4.07. The fourth-order valence-electron chi connectivity index (χ4n) is 1.74. The first-order valence-electron chi connectivity index (χ1n) is 5.94. The third-order valence-corrected chi connectivity index (χ3v) is 2.70. The highest BCUT2D eigenvalue weighted by molar-refractivity contribution is 5.94. The Morgan fingerprint density at radius 2 is 2.22 bits per heavy atom. The molecule has 0 bridgehead atoms. The lowest BCUT2D eigenvalue weighted by Crippen LogP contribution is -2.32. The molecule has 18 heavy (non-hydrogen) atoms. The largest absolute Gasteiger partial charge is 0.496 e. The topological polar surface area (TPSA) is 53.3 Å². The molecule has 0 aliphatic carbocycles. The van der Waals surface area contributed by atoms with Gasteiger partial charge in [-0.25, -0.2) is 0 Å². The van der Waals surface area contributed by atoms with Crippen LogP contribution < -0.4 is 4.74 Å². The van der Waals surface area contributed by atoms with E-state index in [4.69, 9.17) is 10.00 Å². The average Bonchev–Trinajstić information content (AvgIpc) is 2.38. The number of benzene rings is 1. The lowest BCUT2D eigenvalue weighted by molar-refractivity contribution is 0.0775. The second-order valence-electron chi connectivity index (χ2n) is 4.07. The van der Waals surface area contributed by atoms with Gasteiger partial charge in [0.2, 0.25) is 0 Å². The SMILES string of the molecule is CCCN(CC#N)C(=O)c1ccc(C)c(OC)c1. The third-order valence-electron chi connectivity index (χ3n) is 2.70. The molecule has 0 aromatic heterocycles. The van der Waals surface area contributed by atoms with Gasteiger partial charge in [0.25, 0.3) is 5.91 Å². The first-order chi connectivity index (χ1) is 8.63. The molecule has 0 atom stereocenters. The number of nitriles is 1. The van der Waals surface area contributed by atoms with Crippen molar-refractivity contribution in [1.82, 2.24) is 4.90 Å². The van der Waals surface area contributed by atoms with Crippen LogP contribution in [-0.4, -0.2) is 31.0 Å². The molecule has 4 heteroatoms. The molecule has 0 spiro atoms. The molecule has 0 saturated carbocycles. The Bertz CT molecular complexity index is 463. The van der Waals surface area contributed by atoms with Gasteiger partial charge in [-0.3, -0.25) is 4.79 Å². The molecule has 1 rings (SSSR count). The maximum atomic E-state index is 12.2. The predicted octanol–water partition coefficient (Wildman–Crippen LogP) is 2.38. The van der Waals surface area contributed by atoms with Gasteiger partial charge in [-0.15, -0.1) is 0 Å². The number of rotatable bonds is 5. The summed E-state index contributed by atoms with van der Waals surface area (Å²) in [6, 6.07) is 7.35. The van der Waals surface area contributed by atoms with Gasteiger partial charge >= 0.3 is 0 Å². The number of aryl methyl sites for hydroxylation is 1. The lowest BCUT2D eigenvalue weighted by atomic mass is 10.1. The summed E-state index contributed by atoms with van der Waals surface area (Å²) in [5.74, 6) is 0.561. The van der Waals surface area contributed by atoms with Crippen LogP contribution in [0.25, 0.3) is 0 Å². The Morgan fingerprint density at radius 3 is 2.78 bits per heavy atom. The molecular weight excluding hydrogens is 228 g/mol. The van der Waals surface area contributed by atoms with E-state index in [1.807, 2.05) is 26.0 Å². The highest BCUT2D eigenvalue weighted by Crippen LogP contribution is 2.20. The molecule has 0 radical (unpaired) electrons. The summed E-state index contributed by atoms with van der Waals surface area (Å²) in [4.78, 5) is 13.8. The van der Waals surface area contributed by atoms with Gasteiger partial charge in [0.1, 0.15) is 12.3 Å². The van der Waals surface area contributed by atoms with Gasteiger partial charge in [-0.05, 0) is 31.0 Å². The molecule has 4 nitrogen and oxygen atoms in total. The Balaban J connectivity index is 2.98. The molecule has 0 saturated heterocycles. The van der Waals surface area contributed by atoms with Gasteiger partial charge in [-0.2, -0.15) is 5.26 Å². The van der Waals surface area contributed by atoms with E-state index >= 15 is 0 Å². The van der Waals surface area contributed by atoms with Crippen molar-refractivity contribution in [2.45, 2.75) is 20.3 Å². The fraction of sp³-hybridized carbons (Fsp3) is 0.429. The summed E-state index contributed by atoms with van der Waals surface area (Å²) in [6.45, 7) is 4.60. The standard InChI is InChI=1S/C14H18N2O2/c1-4-8-16(9-7-15)14(17)12-6-5-11(2)13(10-12)18-3/h5-6,10H,4,8-9H2,1-3H3. The molecular formula is C14H18N2O2. The lowest BCUT2D eigenvalue weighted by Gasteiger charge is -2.19. The zero-order valence-electron chi connectivity index (χ0n) is 11.1. The number of ether oxygens (including phenoxy) is 1. The smallest absolute Gasteiger partial charge is 0.254 e. The molecule has 0 aliphatic heterocycles. The van der Waals surface area contributed by atoms with Crippen LogP contribution in [-0.2, 0) is 0 Å². The zero-order valence-corrected chi connectivity index (χ0v) is 11.1. The van der Waals surface area contributed by atoms with E-state index in [1.165, 1.54) is 0 Å². The van der Waals surface area contributed by atoms with Crippen LogP contribution in [0.4, 0.5) is 0 Å². The maximum absolute atomic E-state index is 12.2. The van der Waals surface area contributed by atoms with Gasteiger partial charge in [-0.1, -0.05) is 13.0 Å². The van der Waals surface area contributed by atoms with Crippen molar-refractivity contribution in [3.63, 3.8) is 0 Å². The van der Waals surface area contributed by atoms with Crippen molar-refractivity contribution in [2.75, 3.05) is 20.2 Å². The molecule has 0 fully saturated rings. The summed E-state index contributed by atoms with van der Waals surface area (Å²) < 4.78 is 5.20. The highest BCUT2D eigenvalue weighted by Gasteiger charge is 2.15. The quantitative estimate of drug-likeness (QED) is 0.749. The van der Waals surface area contributed by atoms with E-state index in [2.05, 4.69) is 0 Å². The number of hydrogen-bond donors (Lipinski definition) is 0. The van der Waals surface area contributed by atoms with Crippen LogP contribution in [0.3, 0.4) is 0 Å². The summed E-state index contributed by atoms with van der Waals surface area (Å²) >= 11 is 0. The van der Waals surface area contributed by atoms with E-state index in [-0.39, 0.29) is 12.5 Å². The molecule has 0 aliphatic rings. The normalized spacial score (nSPS) is 9.67. The van der Waals surface area contributed by atoms with Crippen molar-refractivity contribution in [3.05, 3.63) is 29.3 Å². The summed E-state index contributed by atoms with van der Waals surface area (Å²) in [7, 11) is 1.58. The summed E-state index contributed by atoms with van der Waals surface area (Å²) in [6.07, 6.45) is 0.830. The van der Waals surface area contributed by atoms with Crippen LogP contribution in [0, 0.1) is 18.3 Å². The number of nitrogens with zero attached hydrogens (tertiary/aromatic N) is 2. The second kappa shape index (κ2) is 6.65. The minimum Gasteiger partial charge on any atom is -0.496 e. The monoisotopic (exact) mass is 246 g/mol. The molecule has 96 valence electrons. The Kier molecular flexibility index (Phi) is 5.19. The van der Waals surface area contributed by atoms with Crippen LogP contribution in [0.15, 0.2) is 18.2 Å². The molecule has 0 heterocycles. The van der Waals surface area contributed by atoms with E-state index in [0.717, 1.165) is 12.0 Å². The zero-order chi connectivity index (χ0) is 13.5. The van der Waals surface area contributed by atoms with E-state index in [1.54, 1.807) is 24.1 Å². The number of carbonyl (C=O) groups excluding carboxylic acids is 1. The minimum atomic E-state index is -0.128. The number of amides is 1. The third kappa shape index (κ3) is 3.24. The van der Waals surface area contributed by atoms with Crippen molar-refractivity contribution >= 4 is 5.91 Å². The molecule has 1 aromatic carbocycles. The number of hydrogen-bond acceptors (Lipinski definition) is 3. The maximum Gasteiger partial charge on any atom is 0.254 e. The Labute approximate surface area is 108 Å². The fourth-order valence-corrected chi connectivity index (χ4v) is 1.74. The van der Waals surface area contributed by atoms with Crippen molar-refractivity contribution in [1.29, 1.82) is 5.26 Å². The minimum absolute atomic E-state index is 0.114. The van der Waals surface area contributed by atoms with Crippen molar-refractivity contribution in [2.24, 2.45) is 0 Å². The van der Waals surface area contributed by atoms with Gasteiger partial charge in [0, 0.05) is 12.1 Å². The van der Waals surface area contributed by atoms with Gasteiger partial charge in [0.15, 0.2) is 0 Å². The van der Waals surface area contributed by atoms with E-state index < -0.39 is 0 Å². The van der Waals surface area contributed by atoms with Crippen LogP contribution in [0.2, 0.25) is 0 Å². The number of carbonyl (C=O) groups is 1. The van der Waals surface area contributed by atoms with Gasteiger partial charge in [0.05, 0.1) is 13.2 Å². The first-order valence-corrected chi connectivity index (χ1v) is 5.94. The number of methoxy groups -OCH3 is 1. The van der Waals surface area contributed by atoms with Crippen LogP contribution >= 0.6 is 0 Å². The van der Waals surface area contributed by atoms with Crippen LogP contribution in [0.5, 0.6) is 5.75 Å². The summed E-state index contributed by atoms with van der Waals surface area (Å²) in [5.41, 5.74) is 1.54. The average molecular weight is 246 g/mol. The first kappa shape index (κ1) is 14.0. The van der Waals surface area contributed by atoms with Crippen LogP contribution in [0.1, 0.15) is 29.3 Å². The van der Waals surface area contributed by atoms with E-state index in [0.29, 0.717) is 17.9 Å². The molecule has 0 unspecified atom stereocenters. The van der Waals surface area contributed by atoms with Crippen molar-refractivity contribution < 1.29 is 9.53 Å².